The summed E-state index contributed by atoms with van der Waals surface area (Å²) in [5.41, 5.74) is 3.43. The van der Waals surface area contributed by atoms with Crippen molar-refractivity contribution in [1.82, 2.24) is 0 Å². The average Bonchev–Trinajstić information content (AvgIpc) is 3.29. The van der Waals surface area contributed by atoms with E-state index in [9.17, 15) is 0 Å². The lowest BCUT2D eigenvalue weighted by molar-refractivity contribution is 0.374. The molecule has 5 fully saturated rings. The third-order valence-electron chi connectivity index (χ3n) is 8.97. The zero-order chi connectivity index (χ0) is 12.4. The molecule has 0 amide bonds. The highest BCUT2D eigenvalue weighted by atomic mass is 15.1. The Balaban J connectivity index is 1.48. The van der Waals surface area contributed by atoms with E-state index in [2.05, 4.69) is 20.8 Å². The molecule has 0 aromatic carbocycles. The molecule has 5 saturated carbocycles. The molecule has 0 nitrogen and oxygen atoms in total. The van der Waals surface area contributed by atoms with E-state index in [4.69, 9.17) is 0 Å². The van der Waals surface area contributed by atoms with Gasteiger partial charge in [-0.1, -0.05) is 46.5 Å². The van der Waals surface area contributed by atoms with Crippen LogP contribution in [0.1, 0.15) is 72.1 Å². The van der Waals surface area contributed by atoms with Crippen molar-refractivity contribution in [2.75, 3.05) is 0 Å². The van der Waals surface area contributed by atoms with Crippen LogP contribution in [0.25, 0.3) is 0 Å². The summed E-state index contributed by atoms with van der Waals surface area (Å²) in [6.45, 7) is 7.68. The Morgan fingerprint density at radius 3 is 2.28 bits per heavy atom. The molecule has 0 radical (unpaired) electrons. The Labute approximate surface area is 112 Å². The molecule has 100 valence electrons. The van der Waals surface area contributed by atoms with Crippen molar-refractivity contribution in [3.63, 3.8) is 0 Å². The molecule has 0 aliphatic heterocycles. The van der Waals surface area contributed by atoms with Gasteiger partial charge in [-0.2, -0.15) is 0 Å². The summed E-state index contributed by atoms with van der Waals surface area (Å²) in [4.78, 5) is 0. The van der Waals surface area contributed by atoms with Gasteiger partial charge in [-0.25, -0.2) is 0 Å². The van der Waals surface area contributed by atoms with Gasteiger partial charge in [0.1, 0.15) is 0 Å². The van der Waals surface area contributed by atoms with E-state index in [0.717, 1.165) is 39.4 Å². The minimum absolute atomic E-state index is 0.758. The van der Waals surface area contributed by atoms with E-state index >= 15 is 0 Å². The molecule has 0 aromatic rings. The lowest BCUT2D eigenvalue weighted by Gasteiger charge is -2.12. The van der Waals surface area contributed by atoms with Crippen molar-refractivity contribution in [3.05, 3.63) is 0 Å². The summed E-state index contributed by atoms with van der Waals surface area (Å²) in [5, 5.41) is 0. The topological polar surface area (TPSA) is 0 Å². The Morgan fingerprint density at radius 2 is 1.78 bits per heavy atom. The molecule has 0 bridgehead atoms. The van der Waals surface area contributed by atoms with E-state index in [1.165, 1.54) is 19.3 Å². The van der Waals surface area contributed by atoms with E-state index < -0.39 is 0 Å². The number of hydrogen-bond acceptors (Lipinski definition) is 0. The van der Waals surface area contributed by atoms with Crippen molar-refractivity contribution in [2.24, 2.45) is 39.4 Å². The first-order valence-electron chi connectivity index (χ1n) is 8.58. The zero-order valence-electron chi connectivity index (χ0n) is 12.4. The Bertz CT molecular complexity index is 433. The van der Waals surface area contributed by atoms with Crippen molar-refractivity contribution in [3.8, 4) is 0 Å². The van der Waals surface area contributed by atoms with Crippen LogP contribution >= 0.6 is 0 Å². The van der Waals surface area contributed by atoms with Crippen LogP contribution in [0.4, 0.5) is 0 Å². The lowest BCUT2D eigenvalue weighted by atomic mass is 9.93. The summed E-state index contributed by atoms with van der Waals surface area (Å²) in [5.74, 6) is 3.36. The van der Waals surface area contributed by atoms with Crippen LogP contribution in [0.15, 0.2) is 0 Å². The molecule has 0 saturated heterocycles. The largest absolute Gasteiger partial charge is 0.0648 e. The second-order valence-electron chi connectivity index (χ2n) is 8.96. The average molecular weight is 244 g/mol. The molecule has 0 aromatic heterocycles. The second kappa shape index (κ2) is 2.59. The van der Waals surface area contributed by atoms with Crippen molar-refractivity contribution in [1.29, 1.82) is 0 Å². The molecular weight excluding hydrogens is 216 g/mol. The number of fused-ring (bicyclic) bond motifs is 2. The number of hydrogen-bond donors (Lipinski definition) is 0. The van der Waals surface area contributed by atoms with E-state index in [-0.39, 0.29) is 0 Å². The summed E-state index contributed by atoms with van der Waals surface area (Å²) in [7, 11) is 0. The highest BCUT2D eigenvalue weighted by molar-refractivity contribution is 5.50. The predicted octanol–water partition coefficient (Wildman–Crippen LogP) is 5.03. The Hall–Kier alpha value is 0. The summed E-state index contributed by atoms with van der Waals surface area (Å²) < 4.78 is 0. The standard InChI is InChI=1S/C18H28/c1-4-15(3)14(13-7-5-6-8-13)18(15)11-17(18)10-16(17)9-12(16)2/h12-14H,4-11H2,1-3H3. The maximum atomic E-state index is 2.67. The lowest BCUT2D eigenvalue weighted by Crippen LogP contribution is -2.04. The molecule has 6 unspecified atom stereocenters. The molecule has 5 rings (SSSR count). The molecule has 0 heterocycles. The first-order chi connectivity index (χ1) is 8.58. The van der Waals surface area contributed by atoms with Crippen LogP contribution in [-0.2, 0) is 0 Å². The van der Waals surface area contributed by atoms with E-state index in [1.807, 2.05) is 0 Å². The quantitative estimate of drug-likeness (QED) is 0.639. The zero-order valence-corrected chi connectivity index (χ0v) is 12.4. The molecule has 0 N–H and O–H groups in total. The molecule has 3 spiro atoms. The van der Waals surface area contributed by atoms with Crippen LogP contribution < -0.4 is 0 Å². The van der Waals surface area contributed by atoms with Crippen LogP contribution in [-0.4, -0.2) is 0 Å². The second-order valence-corrected chi connectivity index (χ2v) is 8.96. The number of rotatable bonds is 2. The van der Waals surface area contributed by atoms with E-state index in [0.29, 0.717) is 0 Å². The van der Waals surface area contributed by atoms with Gasteiger partial charge in [-0.15, -0.1) is 0 Å². The fourth-order valence-corrected chi connectivity index (χ4v) is 7.87. The monoisotopic (exact) mass is 244 g/mol. The summed E-state index contributed by atoms with van der Waals surface area (Å²) >= 11 is 0. The Kier molecular flexibility index (Phi) is 1.55. The fourth-order valence-electron chi connectivity index (χ4n) is 7.87. The molecule has 5 aliphatic rings. The minimum atomic E-state index is 0.758. The van der Waals surface area contributed by atoms with E-state index in [1.54, 1.807) is 32.1 Å². The first-order valence-corrected chi connectivity index (χ1v) is 8.58. The van der Waals surface area contributed by atoms with Gasteiger partial charge in [0.2, 0.25) is 0 Å². The van der Waals surface area contributed by atoms with Gasteiger partial charge in [-0.05, 0) is 65.1 Å². The molecule has 0 heteroatoms. The maximum absolute atomic E-state index is 2.67. The van der Waals surface area contributed by atoms with Crippen molar-refractivity contribution < 1.29 is 0 Å². The minimum Gasteiger partial charge on any atom is -0.0648 e. The normalized spacial score (nSPS) is 68.2. The molecule has 5 aliphatic carbocycles. The van der Waals surface area contributed by atoms with Crippen LogP contribution in [0.2, 0.25) is 0 Å². The highest BCUT2D eigenvalue weighted by Crippen LogP contribution is 3.08. The third kappa shape index (κ3) is 0.779. The van der Waals surface area contributed by atoms with Gasteiger partial charge in [0.15, 0.2) is 0 Å². The first kappa shape index (κ1) is 10.7. The molecular formula is C18H28. The Morgan fingerprint density at radius 1 is 1.11 bits per heavy atom. The van der Waals surface area contributed by atoms with Gasteiger partial charge < -0.3 is 0 Å². The van der Waals surface area contributed by atoms with Gasteiger partial charge in [0.25, 0.3) is 0 Å². The summed E-state index contributed by atoms with van der Waals surface area (Å²) in [6.07, 6.45) is 12.5. The van der Waals surface area contributed by atoms with Gasteiger partial charge in [0.05, 0.1) is 0 Å². The van der Waals surface area contributed by atoms with Crippen LogP contribution in [0.3, 0.4) is 0 Å². The third-order valence-corrected chi connectivity index (χ3v) is 8.97. The summed E-state index contributed by atoms with van der Waals surface area (Å²) in [6, 6.07) is 0. The van der Waals surface area contributed by atoms with Crippen molar-refractivity contribution in [2.45, 2.75) is 72.1 Å². The smallest absolute Gasteiger partial charge is 0.0136 e. The van der Waals surface area contributed by atoms with Crippen LogP contribution in [0.5, 0.6) is 0 Å². The van der Waals surface area contributed by atoms with Crippen LogP contribution in [0, 0.1) is 39.4 Å². The molecule has 6 atom stereocenters. The predicted molar refractivity (Wildman–Crippen MR) is 74.2 cm³/mol. The SMILES string of the molecule is CCC1(C)C(C2CCCC2)C12CC21CC12CC2C. The van der Waals surface area contributed by atoms with Gasteiger partial charge >= 0.3 is 0 Å². The maximum Gasteiger partial charge on any atom is -0.0136 e. The van der Waals surface area contributed by atoms with Gasteiger partial charge in [0, 0.05) is 0 Å². The molecule has 18 heavy (non-hydrogen) atoms. The van der Waals surface area contributed by atoms with Gasteiger partial charge in [-0.3, -0.25) is 0 Å². The highest BCUT2D eigenvalue weighted by Gasteiger charge is 3.02. The fraction of sp³-hybridized carbons (Fsp3) is 1.00. The van der Waals surface area contributed by atoms with Crippen molar-refractivity contribution >= 4 is 0 Å².